The van der Waals surface area contributed by atoms with Gasteiger partial charge in [0.2, 0.25) is 0 Å². The van der Waals surface area contributed by atoms with E-state index in [2.05, 4.69) is 9.88 Å². The summed E-state index contributed by atoms with van der Waals surface area (Å²) >= 11 is 0. The molecule has 5 nitrogen and oxygen atoms in total. The molecule has 2 aliphatic heterocycles. The molecule has 0 saturated heterocycles. The molecule has 6 rings (SSSR count). The number of hydrogen-bond acceptors (Lipinski definition) is 3. The Morgan fingerprint density at radius 3 is 2.97 bits per heavy atom. The van der Waals surface area contributed by atoms with Gasteiger partial charge in [0.1, 0.15) is 18.2 Å². The molecule has 2 aromatic carbocycles. The number of aromatic nitrogens is 1. The van der Waals surface area contributed by atoms with Crippen molar-refractivity contribution >= 4 is 16.8 Å². The first-order valence-electron chi connectivity index (χ1n) is 12.1. The van der Waals surface area contributed by atoms with Gasteiger partial charge in [-0.2, -0.15) is 0 Å². The molecule has 0 bridgehead atoms. The summed E-state index contributed by atoms with van der Waals surface area (Å²) in [4.78, 5) is 20.4. The van der Waals surface area contributed by atoms with Crippen molar-refractivity contribution in [3.63, 3.8) is 0 Å². The predicted molar refractivity (Wildman–Crippen MR) is 126 cm³/mol. The van der Waals surface area contributed by atoms with Crippen molar-refractivity contribution in [3.8, 4) is 5.75 Å². The van der Waals surface area contributed by atoms with E-state index in [1.54, 1.807) is 11.0 Å². The molecule has 0 spiro atoms. The molecule has 1 N–H and O–H groups in total. The van der Waals surface area contributed by atoms with Crippen LogP contribution in [-0.2, 0) is 19.4 Å². The smallest absolute Gasteiger partial charge is 0.254 e. The number of amides is 1. The highest BCUT2D eigenvalue weighted by atomic mass is 19.1. The third-order valence-electron chi connectivity index (χ3n) is 7.52. The fourth-order valence-electron chi connectivity index (χ4n) is 5.53. The van der Waals surface area contributed by atoms with Crippen molar-refractivity contribution in [2.45, 2.75) is 44.7 Å². The monoisotopic (exact) mass is 447 g/mol. The third kappa shape index (κ3) is 3.90. The first-order valence-corrected chi connectivity index (χ1v) is 12.1. The number of fused-ring (bicyclic) bond motifs is 4. The lowest BCUT2D eigenvalue weighted by Crippen LogP contribution is -2.45. The molecule has 3 aromatic rings. The van der Waals surface area contributed by atoms with Crippen LogP contribution in [-0.4, -0.2) is 53.5 Å². The Labute approximate surface area is 193 Å². The Bertz CT molecular complexity index is 1220. The zero-order valence-corrected chi connectivity index (χ0v) is 19.1. The van der Waals surface area contributed by atoms with E-state index >= 15 is 0 Å². The number of aromatic amines is 1. The number of aryl methyl sites for hydroxylation is 1. The number of rotatable bonds is 7. The average molecular weight is 448 g/mol. The molecule has 3 heterocycles. The Hall–Kier alpha value is -2.86. The molecule has 0 radical (unpaired) electrons. The minimum absolute atomic E-state index is 0.117. The van der Waals surface area contributed by atoms with E-state index in [0.717, 1.165) is 71.6 Å². The molecule has 1 aromatic heterocycles. The van der Waals surface area contributed by atoms with Crippen LogP contribution in [0.4, 0.5) is 4.39 Å². The molecule has 1 amide bonds. The van der Waals surface area contributed by atoms with Gasteiger partial charge < -0.3 is 14.6 Å². The van der Waals surface area contributed by atoms with Crippen molar-refractivity contribution in [2.75, 3.05) is 26.7 Å². The number of nitrogens with one attached hydrogen (secondary N) is 1. The first-order chi connectivity index (χ1) is 16.1. The predicted octanol–water partition coefficient (Wildman–Crippen LogP) is 4.54. The van der Waals surface area contributed by atoms with Crippen molar-refractivity contribution in [2.24, 2.45) is 5.92 Å². The van der Waals surface area contributed by atoms with E-state index in [9.17, 15) is 9.18 Å². The second-order valence-corrected chi connectivity index (χ2v) is 9.95. The van der Waals surface area contributed by atoms with Crippen LogP contribution in [0.1, 0.15) is 46.3 Å². The SMILES string of the molecule is CN1Cc2ccc3c(c2C1=O)C[C@@H](N(CCCc1c[nH]c2ccc(F)cc12)CC1CC1)CO3. The van der Waals surface area contributed by atoms with Crippen LogP contribution in [0.25, 0.3) is 10.9 Å². The van der Waals surface area contributed by atoms with Gasteiger partial charge in [-0.1, -0.05) is 6.07 Å². The number of benzene rings is 2. The number of carbonyl (C=O) groups excluding carboxylic acids is 1. The van der Waals surface area contributed by atoms with Gasteiger partial charge >= 0.3 is 0 Å². The summed E-state index contributed by atoms with van der Waals surface area (Å²) < 4.78 is 19.9. The van der Waals surface area contributed by atoms with Gasteiger partial charge in [0.15, 0.2) is 0 Å². The third-order valence-corrected chi connectivity index (χ3v) is 7.52. The highest BCUT2D eigenvalue weighted by Gasteiger charge is 2.35. The lowest BCUT2D eigenvalue weighted by molar-refractivity contribution is 0.0810. The standard InChI is InChI=1S/C27H30FN3O2/c1-30-15-19-6-9-25-23(26(19)27(30)32)12-21(16-33-25)31(14-17-4-5-17)10-2-3-18-13-29-24-8-7-20(28)11-22(18)24/h6-9,11,13,17,21,29H,2-5,10,12,14-16H2,1H3/t21-/m1/s1. The number of carbonyl (C=O) groups is 1. The second-order valence-electron chi connectivity index (χ2n) is 9.95. The van der Waals surface area contributed by atoms with E-state index < -0.39 is 0 Å². The Morgan fingerprint density at radius 2 is 2.12 bits per heavy atom. The molecule has 6 heteroatoms. The summed E-state index contributed by atoms with van der Waals surface area (Å²) in [6.45, 7) is 3.42. The maximum atomic E-state index is 13.7. The maximum absolute atomic E-state index is 13.7. The lowest BCUT2D eigenvalue weighted by Gasteiger charge is -2.36. The fourth-order valence-corrected chi connectivity index (χ4v) is 5.53. The number of nitrogens with zero attached hydrogens (tertiary/aromatic N) is 2. The van der Waals surface area contributed by atoms with Crippen LogP contribution in [0.15, 0.2) is 36.5 Å². The number of H-pyrrole nitrogens is 1. The zero-order valence-electron chi connectivity index (χ0n) is 19.1. The van der Waals surface area contributed by atoms with Crippen LogP contribution in [0.2, 0.25) is 0 Å². The van der Waals surface area contributed by atoms with Crippen LogP contribution >= 0.6 is 0 Å². The van der Waals surface area contributed by atoms with E-state index in [4.69, 9.17) is 4.74 Å². The van der Waals surface area contributed by atoms with Gasteiger partial charge in [0.05, 0.1) is 5.56 Å². The Balaban J connectivity index is 1.18. The van der Waals surface area contributed by atoms with E-state index in [-0.39, 0.29) is 17.8 Å². The van der Waals surface area contributed by atoms with Gasteiger partial charge in [-0.15, -0.1) is 0 Å². The Kier molecular flexibility index (Phi) is 5.13. The minimum Gasteiger partial charge on any atom is -0.492 e. The lowest BCUT2D eigenvalue weighted by atomic mass is 9.93. The van der Waals surface area contributed by atoms with Crippen LogP contribution in [0.5, 0.6) is 5.75 Å². The normalized spacial score (nSPS) is 19.8. The molecule has 1 saturated carbocycles. The largest absolute Gasteiger partial charge is 0.492 e. The van der Waals surface area contributed by atoms with E-state index in [1.807, 2.05) is 31.4 Å². The number of halogens is 1. The summed E-state index contributed by atoms with van der Waals surface area (Å²) in [6, 6.07) is 9.30. The highest BCUT2D eigenvalue weighted by molar-refractivity contribution is 6.00. The van der Waals surface area contributed by atoms with E-state index in [0.29, 0.717) is 13.2 Å². The number of hydrogen-bond donors (Lipinski definition) is 1. The minimum atomic E-state index is -0.190. The molecule has 1 atom stereocenters. The van der Waals surface area contributed by atoms with Gasteiger partial charge in [-0.25, -0.2) is 4.39 Å². The molecule has 1 aliphatic carbocycles. The topological polar surface area (TPSA) is 48.6 Å². The summed E-state index contributed by atoms with van der Waals surface area (Å²) in [5.74, 6) is 1.58. The van der Waals surface area contributed by atoms with Gasteiger partial charge in [0.25, 0.3) is 5.91 Å². The van der Waals surface area contributed by atoms with E-state index in [1.165, 1.54) is 24.5 Å². The highest BCUT2D eigenvalue weighted by Crippen LogP contribution is 2.37. The van der Waals surface area contributed by atoms with Gasteiger partial charge in [0, 0.05) is 48.8 Å². The molecule has 1 fully saturated rings. The Morgan fingerprint density at radius 1 is 1.24 bits per heavy atom. The molecule has 0 unspecified atom stereocenters. The van der Waals surface area contributed by atoms with Crippen LogP contribution in [0, 0.1) is 11.7 Å². The molecular weight excluding hydrogens is 417 g/mol. The average Bonchev–Trinajstić information content (AvgIpc) is 3.48. The second kappa shape index (κ2) is 8.17. The van der Waals surface area contributed by atoms with Crippen molar-refractivity contribution in [3.05, 3.63) is 64.6 Å². The molecule has 33 heavy (non-hydrogen) atoms. The van der Waals surface area contributed by atoms with Gasteiger partial charge in [-0.05, 0) is 80.0 Å². The summed E-state index contributed by atoms with van der Waals surface area (Å²) in [7, 11) is 1.87. The summed E-state index contributed by atoms with van der Waals surface area (Å²) in [6.07, 6.45) is 7.41. The maximum Gasteiger partial charge on any atom is 0.254 e. The molecular formula is C27H30FN3O2. The van der Waals surface area contributed by atoms with Crippen LogP contribution in [0.3, 0.4) is 0 Å². The summed E-state index contributed by atoms with van der Waals surface area (Å²) in [5, 5.41) is 0.983. The fraction of sp³-hybridized carbons (Fsp3) is 0.444. The number of ether oxygens (including phenoxy) is 1. The zero-order chi connectivity index (χ0) is 22.5. The molecule has 3 aliphatic rings. The summed E-state index contributed by atoms with van der Waals surface area (Å²) in [5.41, 5.74) is 5.23. The van der Waals surface area contributed by atoms with Crippen molar-refractivity contribution in [1.82, 2.24) is 14.8 Å². The van der Waals surface area contributed by atoms with Crippen molar-refractivity contribution < 1.29 is 13.9 Å². The van der Waals surface area contributed by atoms with Crippen LogP contribution < -0.4 is 4.74 Å². The van der Waals surface area contributed by atoms with Crippen molar-refractivity contribution in [1.29, 1.82) is 0 Å². The quantitative estimate of drug-likeness (QED) is 0.579. The first kappa shape index (κ1) is 20.7. The molecule has 172 valence electrons. The van der Waals surface area contributed by atoms with Gasteiger partial charge in [-0.3, -0.25) is 9.69 Å².